The van der Waals surface area contributed by atoms with Crippen LogP contribution in [0.3, 0.4) is 0 Å². The highest BCUT2D eigenvalue weighted by atomic mass is 14.2. The molecule has 0 aliphatic rings. The van der Waals surface area contributed by atoms with Crippen LogP contribution in [0.25, 0.3) is 71.4 Å². The summed E-state index contributed by atoms with van der Waals surface area (Å²) >= 11 is 0. The molecule has 0 aromatic heterocycles. The van der Waals surface area contributed by atoms with E-state index in [2.05, 4.69) is 195 Å². The summed E-state index contributed by atoms with van der Waals surface area (Å²) < 4.78 is 0. The standard InChI is InChI=1S/C51H48.4C2H6.C2H2/c1-9-43(32(3)4)41-24-21-38-19-18-36(34(7)49(38)30-41)14-13-15-37-26-29-48(47-17-12-11-16-46(37)47)45-28-27-40-23-20-39-22-25-42(44(10-2)33(5)6)31-50(39)51(40)35(45)8;5*1-2/h9-14,16-32H,2,15H2,1,3-8H3;4*1-2H3;1-2H/b14-13-,43-9+;;;;;. The van der Waals surface area contributed by atoms with Gasteiger partial charge >= 0.3 is 0 Å². The van der Waals surface area contributed by atoms with Crippen LogP contribution >= 0.6 is 0 Å². The van der Waals surface area contributed by atoms with Crippen molar-refractivity contribution in [2.45, 2.75) is 110 Å². The lowest BCUT2D eigenvalue weighted by atomic mass is 9.87. The number of fused-ring (bicyclic) bond motifs is 5. The minimum atomic E-state index is 0.494. The van der Waals surface area contributed by atoms with Crippen LogP contribution in [0, 0.1) is 32.6 Å². The zero-order valence-electron chi connectivity index (χ0n) is 40.3. The second-order valence-electron chi connectivity index (χ2n) is 14.5. The zero-order valence-corrected chi connectivity index (χ0v) is 40.3. The molecule has 0 unspecified atom stereocenters. The van der Waals surface area contributed by atoms with E-state index in [1.807, 2.05) is 61.5 Å². The minimum Gasteiger partial charge on any atom is -0.124 e. The Morgan fingerprint density at radius 1 is 0.590 bits per heavy atom. The number of terminal acetylenes is 1. The molecular weight excluding hydrogens is 733 g/mol. The summed E-state index contributed by atoms with van der Waals surface area (Å²) in [6.07, 6.45) is 17.7. The average molecular weight is 807 g/mol. The van der Waals surface area contributed by atoms with Gasteiger partial charge in [-0.05, 0) is 158 Å². The van der Waals surface area contributed by atoms with E-state index in [9.17, 15) is 0 Å². The normalized spacial score (nSPS) is 10.6. The second-order valence-corrected chi connectivity index (χ2v) is 14.5. The van der Waals surface area contributed by atoms with Crippen molar-refractivity contribution >= 4 is 60.3 Å². The average Bonchev–Trinajstić information content (AvgIpc) is 3.31. The maximum atomic E-state index is 4.11. The minimum absolute atomic E-state index is 0.494. The molecule has 0 spiro atoms. The summed E-state index contributed by atoms with van der Waals surface area (Å²) in [5.74, 6) is 0.494. The summed E-state index contributed by atoms with van der Waals surface area (Å²) in [5, 5.41) is 10.4. The summed E-state index contributed by atoms with van der Waals surface area (Å²) in [7, 11) is 0. The van der Waals surface area contributed by atoms with Gasteiger partial charge in [0.25, 0.3) is 0 Å². The first-order valence-corrected chi connectivity index (χ1v) is 22.7. The molecule has 0 fully saturated rings. The molecule has 0 aliphatic heterocycles. The van der Waals surface area contributed by atoms with Crippen molar-refractivity contribution in [2.75, 3.05) is 0 Å². The molecule has 0 radical (unpaired) electrons. The molecule has 61 heavy (non-hydrogen) atoms. The summed E-state index contributed by atoms with van der Waals surface area (Å²) in [5.41, 5.74) is 14.2. The van der Waals surface area contributed by atoms with Crippen LogP contribution in [-0.4, -0.2) is 0 Å². The van der Waals surface area contributed by atoms with Gasteiger partial charge in [-0.25, -0.2) is 0 Å². The van der Waals surface area contributed by atoms with Crippen LogP contribution in [0.5, 0.6) is 0 Å². The van der Waals surface area contributed by atoms with Crippen LogP contribution in [0.4, 0.5) is 0 Å². The third-order valence-electron chi connectivity index (χ3n) is 10.9. The van der Waals surface area contributed by atoms with Crippen molar-refractivity contribution in [1.82, 2.24) is 0 Å². The van der Waals surface area contributed by atoms with Crippen LogP contribution in [0.1, 0.15) is 123 Å². The summed E-state index contributed by atoms with van der Waals surface area (Å²) in [4.78, 5) is 0. The van der Waals surface area contributed by atoms with E-state index in [0.29, 0.717) is 5.92 Å². The maximum absolute atomic E-state index is 4.11. The van der Waals surface area contributed by atoms with E-state index in [4.69, 9.17) is 0 Å². The Hall–Kier alpha value is -5.90. The molecule has 0 saturated heterocycles. The second kappa shape index (κ2) is 25.7. The molecule has 0 N–H and O–H groups in total. The number of aryl methyl sites for hydroxylation is 2. The quantitative estimate of drug-likeness (QED) is 0.0815. The fourth-order valence-electron chi connectivity index (χ4n) is 8.16. The monoisotopic (exact) mass is 807 g/mol. The van der Waals surface area contributed by atoms with Gasteiger partial charge in [0.2, 0.25) is 0 Å². The van der Waals surface area contributed by atoms with Gasteiger partial charge in [0.1, 0.15) is 0 Å². The smallest absolute Gasteiger partial charge is 0.00697 e. The van der Waals surface area contributed by atoms with Crippen molar-refractivity contribution < 1.29 is 0 Å². The highest BCUT2D eigenvalue weighted by Crippen LogP contribution is 2.39. The fraction of sp³-hybridized carbons (Fsp3) is 0.279. The van der Waals surface area contributed by atoms with E-state index in [1.54, 1.807) is 0 Å². The SMILES string of the molecule is C#C.C=CC(=C(C)C)c1ccc2ccc3ccc(-c4ccc(C/C=C\c5ccc6ccc(/C(=C/C)C(C)C)cc6c5C)c5ccccc45)c(C)c3c2c1.CC.CC.CC.CC. The topological polar surface area (TPSA) is 0 Å². The molecule has 0 bridgehead atoms. The fourth-order valence-corrected chi connectivity index (χ4v) is 8.16. The summed E-state index contributed by atoms with van der Waals surface area (Å²) in [6, 6.07) is 41.0. The van der Waals surface area contributed by atoms with Crippen LogP contribution < -0.4 is 0 Å². The van der Waals surface area contributed by atoms with Crippen molar-refractivity contribution in [1.29, 1.82) is 0 Å². The first-order chi connectivity index (χ1) is 29.7. The van der Waals surface area contributed by atoms with Gasteiger partial charge in [0.05, 0.1) is 0 Å². The molecule has 7 aromatic carbocycles. The molecule has 0 nitrogen and oxygen atoms in total. The van der Waals surface area contributed by atoms with Crippen molar-refractivity contribution in [3.8, 4) is 24.0 Å². The van der Waals surface area contributed by atoms with Gasteiger partial charge in [-0.2, -0.15) is 0 Å². The van der Waals surface area contributed by atoms with E-state index >= 15 is 0 Å². The van der Waals surface area contributed by atoms with E-state index in [-0.39, 0.29) is 0 Å². The maximum Gasteiger partial charge on any atom is -0.00697 e. The van der Waals surface area contributed by atoms with Gasteiger partial charge in [0, 0.05) is 0 Å². The highest BCUT2D eigenvalue weighted by molar-refractivity contribution is 6.13. The number of hydrogen-bond donors (Lipinski definition) is 0. The lowest BCUT2D eigenvalue weighted by molar-refractivity contribution is 0.854. The molecule has 0 heterocycles. The Morgan fingerprint density at radius 2 is 1.11 bits per heavy atom. The molecular formula is C61H74. The van der Waals surface area contributed by atoms with Crippen molar-refractivity contribution in [3.05, 3.63) is 173 Å². The predicted octanol–water partition coefficient (Wildman–Crippen LogP) is 19.2. The first kappa shape index (κ1) is 51.2. The molecule has 0 aliphatic carbocycles. The molecule has 7 rings (SSSR count). The Kier molecular flexibility index (Phi) is 21.6. The zero-order chi connectivity index (χ0) is 45.8. The Morgan fingerprint density at radius 3 is 1.72 bits per heavy atom. The van der Waals surface area contributed by atoms with E-state index in [1.165, 1.54) is 104 Å². The number of allylic oxidation sites excluding steroid dienone is 6. The number of rotatable bonds is 8. The Bertz CT molecular complexity index is 2630. The third-order valence-corrected chi connectivity index (χ3v) is 10.9. The largest absolute Gasteiger partial charge is 0.124 e. The van der Waals surface area contributed by atoms with Crippen LogP contribution in [-0.2, 0) is 6.42 Å². The van der Waals surface area contributed by atoms with Crippen LogP contribution in [0.2, 0.25) is 0 Å². The van der Waals surface area contributed by atoms with Gasteiger partial charge in [-0.3, -0.25) is 0 Å². The van der Waals surface area contributed by atoms with Gasteiger partial charge in [0.15, 0.2) is 0 Å². The van der Waals surface area contributed by atoms with E-state index in [0.717, 1.165) is 6.42 Å². The van der Waals surface area contributed by atoms with Crippen LogP contribution in [0.15, 0.2) is 140 Å². The molecule has 0 amide bonds. The van der Waals surface area contributed by atoms with Crippen molar-refractivity contribution in [3.63, 3.8) is 0 Å². The Labute approximate surface area is 371 Å². The molecule has 7 aromatic rings. The predicted molar refractivity (Wildman–Crippen MR) is 283 cm³/mol. The van der Waals surface area contributed by atoms with Gasteiger partial charge < -0.3 is 0 Å². The molecule has 0 saturated carbocycles. The highest BCUT2D eigenvalue weighted by Gasteiger charge is 2.14. The Balaban J connectivity index is 0.00000120. The van der Waals surface area contributed by atoms with E-state index < -0.39 is 0 Å². The third kappa shape index (κ3) is 11.5. The van der Waals surface area contributed by atoms with Gasteiger partial charge in [-0.15, -0.1) is 12.8 Å². The lowest BCUT2D eigenvalue weighted by Gasteiger charge is -2.16. The van der Waals surface area contributed by atoms with Crippen molar-refractivity contribution in [2.24, 2.45) is 5.92 Å². The first-order valence-electron chi connectivity index (χ1n) is 22.7. The molecule has 0 heteroatoms. The molecule has 0 atom stereocenters. The number of hydrogen-bond acceptors (Lipinski definition) is 0. The van der Waals surface area contributed by atoms with Gasteiger partial charge in [-0.1, -0.05) is 203 Å². The lowest BCUT2D eigenvalue weighted by Crippen LogP contribution is -1.94. The molecule has 318 valence electrons. The number of benzene rings is 7. The summed E-state index contributed by atoms with van der Waals surface area (Å²) in [6.45, 7) is 35.7.